The molecule has 1 fully saturated rings. The van der Waals surface area contributed by atoms with Crippen LogP contribution >= 0.6 is 35.3 Å². The molecular weight excluding hydrogens is 473 g/mol. The Balaban J connectivity index is 0.00000289. The summed E-state index contributed by atoms with van der Waals surface area (Å²) in [6, 6.07) is 10.1. The molecule has 1 aromatic heterocycles. The van der Waals surface area contributed by atoms with Gasteiger partial charge in [0.25, 0.3) is 11.6 Å². The number of hydrogen-bond donors (Lipinski definition) is 1. The second-order valence-corrected chi connectivity index (χ2v) is 8.84. The van der Waals surface area contributed by atoms with Crippen LogP contribution in [0.15, 0.2) is 36.4 Å². The average Bonchev–Trinajstić information content (AvgIpc) is 3.20. The maximum Gasteiger partial charge on any atom is 0.270 e. The number of carbonyl (C=O) groups is 1. The van der Waals surface area contributed by atoms with Crippen LogP contribution in [0.4, 0.5) is 10.8 Å². The number of rotatable bonds is 6. The Morgan fingerprint density at radius 1 is 1.25 bits per heavy atom. The lowest BCUT2D eigenvalue weighted by atomic mass is 10.2. The molecule has 0 aliphatic carbocycles. The molecule has 11 heteroatoms. The summed E-state index contributed by atoms with van der Waals surface area (Å²) >= 11 is 7.75. The quantitative estimate of drug-likeness (QED) is 0.408. The SMILES string of the molecule is Cc1cccc2sc(N3CCN(CCNC(=O)c4cc([N+](=O)[O-])ccc4Cl)CC3)nc12.Cl. The topological polar surface area (TPSA) is 91.6 Å². The fourth-order valence-electron chi connectivity index (χ4n) is 3.60. The van der Waals surface area contributed by atoms with Crippen molar-refractivity contribution in [1.82, 2.24) is 15.2 Å². The molecule has 1 N–H and O–H groups in total. The van der Waals surface area contributed by atoms with E-state index < -0.39 is 10.8 Å². The van der Waals surface area contributed by atoms with E-state index in [9.17, 15) is 14.9 Å². The molecule has 2 heterocycles. The largest absolute Gasteiger partial charge is 0.351 e. The van der Waals surface area contributed by atoms with Crippen LogP contribution in [0.1, 0.15) is 15.9 Å². The highest BCUT2D eigenvalue weighted by molar-refractivity contribution is 7.22. The first-order valence-electron chi connectivity index (χ1n) is 9.98. The van der Waals surface area contributed by atoms with Crippen molar-refractivity contribution >= 4 is 62.3 Å². The fourth-order valence-corrected chi connectivity index (χ4v) is 4.89. The van der Waals surface area contributed by atoms with Crippen molar-refractivity contribution in [2.45, 2.75) is 6.92 Å². The molecule has 2 aromatic carbocycles. The molecule has 0 unspecified atom stereocenters. The monoisotopic (exact) mass is 495 g/mol. The Bertz CT molecular complexity index is 1130. The minimum Gasteiger partial charge on any atom is -0.351 e. The van der Waals surface area contributed by atoms with Gasteiger partial charge in [-0.1, -0.05) is 35.1 Å². The van der Waals surface area contributed by atoms with Crippen molar-refractivity contribution in [3.63, 3.8) is 0 Å². The number of nitrogens with one attached hydrogen (secondary N) is 1. The van der Waals surface area contributed by atoms with Crippen molar-refractivity contribution in [3.05, 3.63) is 62.7 Å². The number of anilines is 1. The molecule has 0 saturated carbocycles. The number of aryl methyl sites for hydroxylation is 1. The molecule has 170 valence electrons. The van der Waals surface area contributed by atoms with Gasteiger partial charge in [0.2, 0.25) is 0 Å². The van der Waals surface area contributed by atoms with Crippen molar-refractivity contribution in [1.29, 1.82) is 0 Å². The highest BCUT2D eigenvalue weighted by Gasteiger charge is 2.21. The summed E-state index contributed by atoms with van der Waals surface area (Å²) in [5.41, 5.74) is 2.23. The van der Waals surface area contributed by atoms with Gasteiger partial charge in [-0.05, 0) is 24.6 Å². The van der Waals surface area contributed by atoms with Gasteiger partial charge in [0.1, 0.15) is 0 Å². The van der Waals surface area contributed by atoms with Crippen LogP contribution in [0.3, 0.4) is 0 Å². The molecule has 0 radical (unpaired) electrons. The van der Waals surface area contributed by atoms with Gasteiger partial charge in [0.05, 0.1) is 25.7 Å². The van der Waals surface area contributed by atoms with Crippen molar-refractivity contribution in [3.8, 4) is 0 Å². The average molecular weight is 496 g/mol. The number of piperazine rings is 1. The van der Waals surface area contributed by atoms with Gasteiger partial charge in [-0.2, -0.15) is 0 Å². The molecule has 1 saturated heterocycles. The predicted octanol–water partition coefficient (Wildman–Crippen LogP) is 4.14. The van der Waals surface area contributed by atoms with E-state index in [2.05, 4.69) is 40.2 Å². The number of amides is 1. The summed E-state index contributed by atoms with van der Waals surface area (Å²) in [5, 5.41) is 15.0. The van der Waals surface area contributed by atoms with Crippen LogP contribution < -0.4 is 10.2 Å². The first-order chi connectivity index (χ1) is 14.9. The molecule has 0 spiro atoms. The van der Waals surface area contributed by atoms with Crippen LogP contribution in [0.5, 0.6) is 0 Å². The molecule has 0 bridgehead atoms. The number of benzene rings is 2. The lowest BCUT2D eigenvalue weighted by molar-refractivity contribution is -0.384. The Hall–Kier alpha value is -2.46. The molecule has 1 amide bonds. The molecule has 32 heavy (non-hydrogen) atoms. The Morgan fingerprint density at radius 2 is 2.00 bits per heavy atom. The third-order valence-corrected chi connectivity index (χ3v) is 6.78. The lowest BCUT2D eigenvalue weighted by Crippen LogP contribution is -2.48. The van der Waals surface area contributed by atoms with Gasteiger partial charge in [-0.15, -0.1) is 12.4 Å². The molecule has 4 rings (SSSR count). The van der Waals surface area contributed by atoms with Crippen molar-refractivity contribution in [2.24, 2.45) is 0 Å². The standard InChI is InChI=1S/C21H22ClN5O3S.ClH/c1-14-3-2-4-18-19(14)24-21(31-18)26-11-9-25(10-12-26)8-7-23-20(28)16-13-15(27(29)30)5-6-17(16)22;/h2-6,13H,7-12H2,1H3,(H,23,28);1H. The summed E-state index contributed by atoms with van der Waals surface area (Å²) in [4.78, 5) is 32.2. The van der Waals surface area contributed by atoms with Gasteiger partial charge in [-0.25, -0.2) is 4.98 Å². The van der Waals surface area contributed by atoms with Gasteiger partial charge in [0.15, 0.2) is 5.13 Å². The van der Waals surface area contributed by atoms with Gasteiger partial charge in [0, 0.05) is 51.4 Å². The summed E-state index contributed by atoms with van der Waals surface area (Å²) in [7, 11) is 0. The number of nitro groups is 1. The van der Waals surface area contributed by atoms with E-state index in [0.29, 0.717) is 13.1 Å². The minimum absolute atomic E-state index is 0. The van der Waals surface area contributed by atoms with Crippen LogP contribution in [-0.2, 0) is 0 Å². The number of thiazole rings is 1. The normalized spacial score (nSPS) is 14.2. The van der Waals surface area contributed by atoms with E-state index in [1.54, 1.807) is 11.3 Å². The zero-order chi connectivity index (χ0) is 22.0. The number of para-hydroxylation sites is 1. The van der Waals surface area contributed by atoms with Gasteiger partial charge >= 0.3 is 0 Å². The Kier molecular flexibility index (Phi) is 7.89. The van der Waals surface area contributed by atoms with E-state index in [4.69, 9.17) is 16.6 Å². The number of hydrogen-bond acceptors (Lipinski definition) is 7. The summed E-state index contributed by atoms with van der Waals surface area (Å²) < 4.78 is 1.21. The second-order valence-electron chi connectivity index (χ2n) is 7.42. The zero-order valence-corrected chi connectivity index (χ0v) is 19.8. The highest BCUT2D eigenvalue weighted by Crippen LogP contribution is 2.31. The van der Waals surface area contributed by atoms with Gasteiger partial charge in [-0.3, -0.25) is 19.8 Å². The maximum atomic E-state index is 12.4. The first kappa shape index (κ1) is 24.2. The van der Waals surface area contributed by atoms with Crippen molar-refractivity contribution in [2.75, 3.05) is 44.2 Å². The van der Waals surface area contributed by atoms with Crippen LogP contribution in [0, 0.1) is 17.0 Å². The fraction of sp³-hybridized carbons (Fsp3) is 0.333. The number of aromatic nitrogens is 1. The number of non-ortho nitro benzene ring substituents is 1. The summed E-state index contributed by atoms with van der Waals surface area (Å²) in [5.74, 6) is -0.405. The van der Waals surface area contributed by atoms with Crippen LogP contribution in [0.25, 0.3) is 10.2 Å². The molecular formula is C21H23Cl2N5O3S. The number of halogens is 2. The molecule has 0 atom stereocenters. The van der Waals surface area contributed by atoms with Crippen LogP contribution in [-0.4, -0.2) is 60.0 Å². The van der Waals surface area contributed by atoms with E-state index in [0.717, 1.165) is 36.8 Å². The summed E-state index contributed by atoms with van der Waals surface area (Å²) in [6.07, 6.45) is 0. The smallest absolute Gasteiger partial charge is 0.270 e. The van der Waals surface area contributed by atoms with E-state index in [-0.39, 0.29) is 28.7 Å². The first-order valence-corrected chi connectivity index (χ1v) is 11.2. The van der Waals surface area contributed by atoms with E-state index in [1.807, 2.05) is 0 Å². The molecule has 1 aliphatic rings. The molecule has 3 aromatic rings. The lowest BCUT2D eigenvalue weighted by Gasteiger charge is -2.34. The number of fused-ring (bicyclic) bond motifs is 1. The predicted molar refractivity (Wildman–Crippen MR) is 131 cm³/mol. The molecule has 1 aliphatic heterocycles. The van der Waals surface area contributed by atoms with Crippen LogP contribution in [0.2, 0.25) is 5.02 Å². The van der Waals surface area contributed by atoms with E-state index in [1.165, 1.54) is 28.5 Å². The van der Waals surface area contributed by atoms with Gasteiger partial charge < -0.3 is 10.2 Å². The third-order valence-electron chi connectivity index (χ3n) is 5.37. The minimum atomic E-state index is -0.542. The number of nitro benzene ring substituents is 1. The Morgan fingerprint density at radius 3 is 2.69 bits per heavy atom. The molecule has 8 nitrogen and oxygen atoms in total. The number of carbonyl (C=O) groups excluding carboxylic acids is 1. The zero-order valence-electron chi connectivity index (χ0n) is 17.4. The summed E-state index contributed by atoms with van der Waals surface area (Å²) in [6.45, 7) is 6.74. The van der Waals surface area contributed by atoms with Crippen molar-refractivity contribution < 1.29 is 9.72 Å². The Labute approximate surface area is 200 Å². The maximum absolute atomic E-state index is 12.4. The highest BCUT2D eigenvalue weighted by atomic mass is 35.5. The number of nitrogens with zero attached hydrogens (tertiary/aromatic N) is 4. The second kappa shape index (κ2) is 10.4. The van der Waals surface area contributed by atoms with E-state index >= 15 is 0 Å². The third kappa shape index (κ3) is 5.29.